The van der Waals surface area contributed by atoms with Gasteiger partial charge in [0, 0.05) is 5.69 Å². The van der Waals surface area contributed by atoms with E-state index >= 15 is 0 Å². The Kier molecular flexibility index (Phi) is 6.14. The van der Waals surface area contributed by atoms with E-state index in [0.717, 1.165) is 6.07 Å². The Morgan fingerprint density at radius 1 is 1.47 bits per heavy atom. The van der Waals surface area contributed by atoms with Gasteiger partial charge in [0.1, 0.15) is 11.9 Å². The highest BCUT2D eigenvalue weighted by Crippen LogP contribution is 2.09. The van der Waals surface area contributed by atoms with Gasteiger partial charge in [0.15, 0.2) is 0 Å². The molecule has 19 heavy (non-hydrogen) atoms. The average Bonchev–Trinajstić information content (AvgIpc) is 2.34. The van der Waals surface area contributed by atoms with Gasteiger partial charge in [-0.2, -0.15) is 11.8 Å². The van der Waals surface area contributed by atoms with Gasteiger partial charge in [-0.1, -0.05) is 6.07 Å². The van der Waals surface area contributed by atoms with Crippen LogP contribution in [0.25, 0.3) is 0 Å². The highest BCUT2D eigenvalue weighted by atomic mass is 32.2. The Morgan fingerprint density at radius 3 is 2.79 bits per heavy atom. The van der Waals surface area contributed by atoms with Crippen LogP contribution in [0.5, 0.6) is 0 Å². The summed E-state index contributed by atoms with van der Waals surface area (Å²) in [4.78, 5) is 22.5. The average molecular weight is 286 g/mol. The zero-order valence-corrected chi connectivity index (χ0v) is 11.2. The number of hydrogen-bond donors (Lipinski definition) is 3. The maximum atomic E-state index is 12.9. The van der Waals surface area contributed by atoms with Gasteiger partial charge in [-0.15, -0.1) is 0 Å². The number of urea groups is 1. The molecule has 1 rings (SSSR count). The molecule has 104 valence electrons. The predicted octanol–water partition coefficient (Wildman–Crippen LogP) is 2.15. The number of nitrogens with one attached hydrogen (secondary N) is 2. The molecule has 0 fully saturated rings. The largest absolute Gasteiger partial charge is 0.480 e. The van der Waals surface area contributed by atoms with Crippen LogP contribution in [0, 0.1) is 5.82 Å². The van der Waals surface area contributed by atoms with Crippen molar-refractivity contribution in [1.82, 2.24) is 5.32 Å². The monoisotopic (exact) mass is 286 g/mol. The zero-order chi connectivity index (χ0) is 14.3. The van der Waals surface area contributed by atoms with Gasteiger partial charge in [0.05, 0.1) is 0 Å². The molecular weight excluding hydrogens is 271 g/mol. The van der Waals surface area contributed by atoms with Crippen LogP contribution < -0.4 is 10.6 Å². The first-order valence-corrected chi connectivity index (χ1v) is 6.97. The number of thioether (sulfide) groups is 1. The zero-order valence-electron chi connectivity index (χ0n) is 10.4. The van der Waals surface area contributed by atoms with Crippen LogP contribution in [-0.4, -0.2) is 35.2 Å². The molecule has 1 atom stereocenters. The summed E-state index contributed by atoms with van der Waals surface area (Å²) in [5.41, 5.74) is 0.270. The van der Waals surface area contributed by atoms with Gasteiger partial charge in [0.25, 0.3) is 0 Å². The van der Waals surface area contributed by atoms with Crippen LogP contribution in [0.1, 0.15) is 6.42 Å². The molecule has 0 saturated carbocycles. The fourth-order valence-corrected chi connectivity index (χ4v) is 1.86. The van der Waals surface area contributed by atoms with E-state index in [-0.39, 0.29) is 5.69 Å². The predicted molar refractivity (Wildman–Crippen MR) is 73.0 cm³/mol. The minimum absolute atomic E-state index is 0.270. The lowest BCUT2D eigenvalue weighted by molar-refractivity contribution is -0.139. The minimum atomic E-state index is -1.09. The number of aliphatic carboxylic acids is 1. The first-order chi connectivity index (χ1) is 9.02. The number of halogens is 1. The summed E-state index contributed by atoms with van der Waals surface area (Å²) < 4.78 is 12.9. The molecule has 0 saturated heterocycles. The summed E-state index contributed by atoms with van der Waals surface area (Å²) in [6.07, 6.45) is 2.18. The summed E-state index contributed by atoms with van der Waals surface area (Å²) in [5, 5.41) is 13.7. The van der Waals surface area contributed by atoms with Crippen molar-refractivity contribution in [2.75, 3.05) is 17.3 Å². The van der Waals surface area contributed by atoms with Crippen molar-refractivity contribution >= 4 is 29.4 Å². The third kappa shape index (κ3) is 5.60. The number of benzene rings is 1. The second-order valence-corrected chi connectivity index (χ2v) is 4.77. The molecule has 0 heterocycles. The van der Waals surface area contributed by atoms with Gasteiger partial charge in [0.2, 0.25) is 0 Å². The molecule has 0 bridgehead atoms. The third-order valence-corrected chi connectivity index (χ3v) is 2.94. The molecule has 0 aliphatic rings. The standard InChI is InChI=1S/C12H15FN2O3S/c1-19-6-5-10(11(16)17)15-12(18)14-9-4-2-3-8(13)7-9/h2-4,7,10H,5-6H2,1H3,(H,16,17)(H2,14,15,18)/t10-/m0/s1. The van der Waals surface area contributed by atoms with Crippen LogP contribution >= 0.6 is 11.8 Å². The summed E-state index contributed by atoms with van der Waals surface area (Å²) in [6, 6.07) is 3.74. The summed E-state index contributed by atoms with van der Waals surface area (Å²) in [7, 11) is 0. The molecule has 0 unspecified atom stereocenters. The molecule has 2 amide bonds. The Labute approximate surface area is 114 Å². The SMILES string of the molecule is CSCC[C@H](NC(=O)Nc1cccc(F)c1)C(=O)O. The topological polar surface area (TPSA) is 78.4 Å². The Hall–Kier alpha value is -1.76. The van der Waals surface area contributed by atoms with E-state index in [0.29, 0.717) is 12.2 Å². The van der Waals surface area contributed by atoms with Crippen molar-refractivity contribution in [3.05, 3.63) is 30.1 Å². The second-order valence-electron chi connectivity index (χ2n) is 3.78. The molecular formula is C12H15FN2O3S. The number of anilines is 1. The Balaban J connectivity index is 2.55. The lowest BCUT2D eigenvalue weighted by atomic mass is 10.2. The maximum absolute atomic E-state index is 12.9. The van der Waals surface area contributed by atoms with E-state index in [2.05, 4.69) is 10.6 Å². The van der Waals surface area contributed by atoms with E-state index in [1.54, 1.807) is 0 Å². The van der Waals surface area contributed by atoms with Crippen LogP contribution in [-0.2, 0) is 4.79 Å². The van der Waals surface area contributed by atoms with E-state index < -0.39 is 23.9 Å². The van der Waals surface area contributed by atoms with E-state index in [9.17, 15) is 14.0 Å². The number of carbonyl (C=O) groups is 2. The number of carboxylic acid groups (broad SMARTS) is 1. The van der Waals surface area contributed by atoms with Gasteiger partial charge in [-0.05, 0) is 36.6 Å². The van der Waals surface area contributed by atoms with Crippen molar-refractivity contribution in [2.24, 2.45) is 0 Å². The lowest BCUT2D eigenvalue weighted by Crippen LogP contribution is -2.43. The molecule has 0 radical (unpaired) electrons. The molecule has 1 aromatic carbocycles. The van der Waals surface area contributed by atoms with Crippen molar-refractivity contribution in [2.45, 2.75) is 12.5 Å². The number of rotatable bonds is 6. The van der Waals surface area contributed by atoms with Crippen LogP contribution in [0.3, 0.4) is 0 Å². The van der Waals surface area contributed by atoms with Crippen LogP contribution in [0.15, 0.2) is 24.3 Å². The van der Waals surface area contributed by atoms with Crippen molar-refractivity contribution in [1.29, 1.82) is 0 Å². The normalized spacial score (nSPS) is 11.7. The molecule has 3 N–H and O–H groups in total. The molecule has 0 aromatic heterocycles. The Morgan fingerprint density at radius 2 is 2.21 bits per heavy atom. The van der Waals surface area contributed by atoms with Crippen molar-refractivity contribution < 1.29 is 19.1 Å². The fourth-order valence-electron chi connectivity index (χ4n) is 1.38. The molecule has 5 nitrogen and oxygen atoms in total. The number of carboxylic acids is 1. The van der Waals surface area contributed by atoms with Gasteiger partial charge < -0.3 is 15.7 Å². The third-order valence-electron chi connectivity index (χ3n) is 2.30. The first-order valence-electron chi connectivity index (χ1n) is 5.57. The van der Waals surface area contributed by atoms with Crippen LogP contribution in [0.2, 0.25) is 0 Å². The molecule has 1 aromatic rings. The molecule has 0 aliphatic heterocycles. The van der Waals surface area contributed by atoms with Crippen molar-refractivity contribution in [3.63, 3.8) is 0 Å². The van der Waals surface area contributed by atoms with E-state index in [4.69, 9.17) is 5.11 Å². The van der Waals surface area contributed by atoms with Crippen LogP contribution in [0.4, 0.5) is 14.9 Å². The summed E-state index contributed by atoms with van der Waals surface area (Å²) in [5.74, 6) is -0.949. The Bertz CT molecular complexity index is 456. The second kappa shape index (κ2) is 7.63. The van der Waals surface area contributed by atoms with Gasteiger partial charge in [-0.25, -0.2) is 14.0 Å². The fraction of sp³-hybridized carbons (Fsp3) is 0.333. The highest BCUT2D eigenvalue weighted by molar-refractivity contribution is 7.98. The first kappa shape index (κ1) is 15.3. The maximum Gasteiger partial charge on any atom is 0.326 e. The summed E-state index contributed by atoms with van der Waals surface area (Å²) >= 11 is 1.50. The van der Waals surface area contributed by atoms with E-state index in [1.807, 2.05) is 6.26 Å². The highest BCUT2D eigenvalue weighted by Gasteiger charge is 2.19. The van der Waals surface area contributed by atoms with Gasteiger partial charge in [-0.3, -0.25) is 0 Å². The number of amides is 2. The number of hydrogen-bond acceptors (Lipinski definition) is 3. The number of carbonyl (C=O) groups excluding carboxylic acids is 1. The molecule has 0 aliphatic carbocycles. The summed E-state index contributed by atoms with van der Waals surface area (Å²) in [6.45, 7) is 0. The van der Waals surface area contributed by atoms with E-state index in [1.165, 1.54) is 30.0 Å². The molecule has 0 spiro atoms. The molecule has 7 heteroatoms. The van der Waals surface area contributed by atoms with Gasteiger partial charge >= 0.3 is 12.0 Å². The van der Waals surface area contributed by atoms with Crippen molar-refractivity contribution in [3.8, 4) is 0 Å². The smallest absolute Gasteiger partial charge is 0.326 e. The minimum Gasteiger partial charge on any atom is -0.480 e. The quantitative estimate of drug-likeness (QED) is 0.748. The lowest BCUT2D eigenvalue weighted by Gasteiger charge is -2.14.